The molecule has 0 bridgehead atoms. The third-order valence-electron chi connectivity index (χ3n) is 4.36. The molecule has 0 unspecified atom stereocenters. The Bertz CT molecular complexity index is 1150. The topological polar surface area (TPSA) is 51.9 Å². The first-order valence-electron chi connectivity index (χ1n) is 8.33. The summed E-state index contributed by atoms with van der Waals surface area (Å²) in [5, 5.41) is 8.62. The van der Waals surface area contributed by atoms with Gasteiger partial charge in [0, 0.05) is 29.2 Å². The quantitative estimate of drug-likeness (QED) is 0.566. The van der Waals surface area contributed by atoms with Gasteiger partial charge in [0.25, 0.3) is 5.91 Å². The summed E-state index contributed by atoms with van der Waals surface area (Å²) in [6, 6.07) is 13.7. The lowest BCUT2D eigenvalue weighted by Gasteiger charge is -2.05. The van der Waals surface area contributed by atoms with Crippen molar-refractivity contribution in [2.24, 2.45) is 7.05 Å². The van der Waals surface area contributed by atoms with Gasteiger partial charge in [-0.1, -0.05) is 29.8 Å². The van der Waals surface area contributed by atoms with Gasteiger partial charge in [0.1, 0.15) is 11.5 Å². The number of benzene rings is 2. The third-order valence-corrected chi connectivity index (χ3v) is 4.60. The number of aryl methyl sites for hydroxylation is 1. The average molecular weight is 383 g/mol. The van der Waals surface area contributed by atoms with Gasteiger partial charge in [-0.25, -0.2) is 4.39 Å². The molecule has 0 spiro atoms. The van der Waals surface area contributed by atoms with Crippen LogP contribution in [0.2, 0.25) is 5.02 Å². The van der Waals surface area contributed by atoms with Gasteiger partial charge in [-0.05, 0) is 35.9 Å². The van der Waals surface area contributed by atoms with Crippen LogP contribution >= 0.6 is 11.6 Å². The Morgan fingerprint density at radius 1 is 1.22 bits per heavy atom. The first-order chi connectivity index (χ1) is 13.0. The number of carbonyl (C=O) groups excluding carboxylic acids is 1. The molecule has 0 saturated carbocycles. The number of rotatable bonds is 4. The highest BCUT2D eigenvalue weighted by molar-refractivity contribution is 6.31. The highest BCUT2D eigenvalue weighted by atomic mass is 35.5. The maximum absolute atomic E-state index is 13.3. The van der Waals surface area contributed by atoms with Gasteiger partial charge in [-0.2, -0.15) is 5.10 Å². The first kappa shape index (κ1) is 17.3. The molecule has 7 heteroatoms. The second-order valence-corrected chi connectivity index (χ2v) is 6.74. The molecule has 4 rings (SSSR count). The molecule has 0 saturated heterocycles. The minimum atomic E-state index is -0.288. The van der Waals surface area contributed by atoms with E-state index in [1.807, 2.05) is 31.3 Å². The fraction of sp³-hybridized carbons (Fsp3) is 0.100. The van der Waals surface area contributed by atoms with Crippen LogP contribution in [-0.2, 0) is 13.6 Å². The normalized spacial score (nSPS) is 11.1. The van der Waals surface area contributed by atoms with Crippen molar-refractivity contribution in [1.29, 1.82) is 0 Å². The highest BCUT2D eigenvalue weighted by Gasteiger charge is 2.14. The molecule has 1 N–H and O–H groups in total. The maximum atomic E-state index is 13.3. The summed E-state index contributed by atoms with van der Waals surface area (Å²) in [4.78, 5) is 12.7. The molecule has 0 atom stereocenters. The van der Waals surface area contributed by atoms with Gasteiger partial charge in [0.05, 0.1) is 18.4 Å². The maximum Gasteiger partial charge on any atom is 0.272 e. The zero-order valence-electron chi connectivity index (χ0n) is 14.5. The second kappa shape index (κ2) is 6.89. The molecule has 2 aromatic heterocycles. The smallest absolute Gasteiger partial charge is 0.272 e. The number of nitrogens with one attached hydrogen (secondary N) is 1. The lowest BCUT2D eigenvalue weighted by Crippen LogP contribution is -2.15. The highest BCUT2D eigenvalue weighted by Crippen LogP contribution is 2.23. The summed E-state index contributed by atoms with van der Waals surface area (Å²) in [7, 11) is 1.82. The molecule has 0 fully saturated rings. The molecule has 2 aromatic carbocycles. The molecular weight excluding hydrogens is 367 g/mol. The van der Waals surface area contributed by atoms with Crippen molar-refractivity contribution < 1.29 is 9.18 Å². The van der Waals surface area contributed by atoms with Crippen molar-refractivity contribution in [3.8, 4) is 0 Å². The Morgan fingerprint density at radius 2 is 2.07 bits per heavy atom. The lowest BCUT2D eigenvalue weighted by atomic mass is 10.2. The largest absolute Gasteiger partial charge is 0.340 e. The number of carbonyl (C=O) groups is 1. The molecule has 5 nitrogen and oxygen atoms in total. The van der Waals surface area contributed by atoms with E-state index in [9.17, 15) is 9.18 Å². The molecule has 2 heterocycles. The molecule has 1 amide bonds. The Hall–Kier alpha value is -3.12. The van der Waals surface area contributed by atoms with E-state index in [2.05, 4.69) is 10.4 Å². The molecule has 0 aliphatic carbocycles. The number of nitrogens with zero attached hydrogens (tertiary/aromatic N) is 3. The number of aromatic nitrogens is 3. The van der Waals surface area contributed by atoms with E-state index < -0.39 is 0 Å². The standard InChI is InChI=1S/C20H16ClFN4O/c1-25-18-9-15(21)6-5-14(18)8-19(25)20(27)24-17-10-23-26(12-17)11-13-3-2-4-16(22)7-13/h2-10,12H,11H2,1H3,(H,24,27). The summed E-state index contributed by atoms with van der Waals surface area (Å²) >= 11 is 6.04. The number of amides is 1. The summed E-state index contributed by atoms with van der Waals surface area (Å²) < 4.78 is 16.7. The number of halogens is 2. The summed E-state index contributed by atoms with van der Waals surface area (Å²) in [6.07, 6.45) is 3.28. The summed E-state index contributed by atoms with van der Waals surface area (Å²) in [5.74, 6) is -0.529. The van der Waals surface area contributed by atoms with Crippen LogP contribution in [0.25, 0.3) is 10.9 Å². The number of hydrogen-bond donors (Lipinski definition) is 1. The van der Waals surface area contributed by atoms with Crippen LogP contribution in [0.15, 0.2) is 60.9 Å². The number of anilines is 1. The van der Waals surface area contributed by atoms with Crippen molar-refractivity contribution in [3.05, 3.63) is 83.0 Å². The van der Waals surface area contributed by atoms with E-state index in [-0.39, 0.29) is 11.7 Å². The van der Waals surface area contributed by atoms with Crippen LogP contribution in [0.3, 0.4) is 0 Å². The fourth-order valence-electron chi connectivity index (χ4n) is 3.05. The fourth-order valence-corrected chi connectivity index (χ4v) is 3.22. The van der Waals surface area contributed by atoms with Crippen molar-refractivity contribution in [2.75, 3.05) is 5.32 Å². The van der Waals surface area contributed by atoms with E-state index >= 15 is 0 Å². The van der Waals surface area contributed by atoms with Crippen molar-refractivity contribution in [2.45, 2.75) is 6.54 Å². The van der Waals surface area contributed by atoms with Crippen LogP contribution < -0.4 is 5.32 Å². The van der Waals surface area contributed by atoms with Gasteiger partial charge in [0.2, 0.25) is 0 Å². The number of fused-ring (bicyclic) bond motifs is 1. The van der Waals surface area contributed by atoms with E-state index in [4.69, 9.17) is 11.6 Å². The van der Waals surface area contributed by atoms with Crippen molar-refractivity contribution in [1.82, 2.24) is 14.3 Å². The van der Waals surface area contributed by atoms with Crippen LogP contribution in [0, 0.1) is 5.82 Å². The summed E-state index contributed by atoms with van der Waals surface area (Å²) in [6.45, 7) is 0.417. The van der Waals surface area contributed by atoms with Gasteiger partial charge >= 0.3 is 0 Å². The minimum Gasteiger partial charge on any atom is -0.340 e. The van der Waals surface area contributed by atoms with Gasteiger partial charge in [0.15, 0.2) is 0 Å². The lowest BCUT2D eigenvalue weighted by molar-refractivity contribution is 0.101. The van der Waals surface area contributed by atoms with E-state index in [1.165, 1.54) is 12.1 Å². The number of hydrogen-bond acceptors (Lipinski definition) is 2. The van der Waals surface area contributed by atoms with E-state index in [1.54, 1.807) is 33.8 Å². The predicted molar refractivity (Wildman–Crippen MR) is 104 cm³/mol. The Morgan fingerprint density at radius 3 is 2.89 bits per heavy atom. The molecule has 0 aliphatic rings. The Labute approximate surface area is 160 Å². The minimum absolute atomic E-state index is 0.241. The molecule has 0 radical (unpaired) electrons. The van der Waals surface area contributed by atoms with Crippen LogP contribution in [-0.4, -0.2) is 20.3 Å². The third kappa shape index (κ3) is 3.57. The Balaban J connectivity index is 1.52. The van der Waals surface area contributed by atoms with Crippen LogP contribution in [0.5, 0.6) is 0 Å². The zero-order valence-corrected chi connectivity index (χ0v) is 15.2. The monoisotopic (exact) mass is 382 g/mol. The van der Waals surface area contributed by atoms with Crippen LogP contribution in [0.1, 0.15) is 16.1 Å². The Kier molecular flexibility index (Phi) is 4.41. The molecule has 27 heavy (non-hydrogen) atoms. The predicted octanol–water partition coefficient (Wildman–Crippen LogP) is 4.47. The summed E-state index contributed by atoms with van der Waals surface area (Å²) in [5.41, 5.74) is 2.76. The second-order valence-electron chi connectivity index (χ2n) is 6.30. The van der Waals surface area contributed by atoms with Gasteiger partial charge < -0.3 is 9.88 Å². The average Bonchev–Trinajstić information content (AvgIpc) is 3.19. The molecule has 4 aromatic rings. The zero-order chi connectivity index (χ0) is 19.0. The van der Waals surface area contributed by atoms with Gasteiger partial charge in [-0.15, -0.1) is 0 Å². The SMILES string of the molecule is Cn1c(C(=O)Nc2cnn(Cc3cccc(F)c3)c2)cc2ccc(Cl)cc21. The van der Waals surface area contributed by atoms with E-state index in [0.717, 1.165) is 16.5 Å². The first-order valence-corrected chi connectivity index (χ1v) is 8.70. The van der Waals surface area contributed by atoms with Crippen molar-refractivity contribution >= 4 is 34.1 Å². The van der Waals surface area contributed by atoms with E-state index in [0.29, 0.717) is 22.9 Å². The molecule has 0 aliphatic heterocycles. The molecule has 136 valence electrons. The van der Waals surface area contributed by atoms with Gasteiger partial charge in [-0.3, -0.25) is 9.48 Å². The van der Waals surface area contributed by atoms with Crippen molar-refractivity contribution in [3.63, 3.8) is 0 Å². The van der Waals surface area contributed by atoms with Crippen LogP contribution in [0.4, 0.5) is 10.1 Å². The molecular formula is C20H16ClFN4O.